The molecule has 0 aliphatic heterocycles. The predicted octanol–water partition coefficient (Wildman–Crippen LogP) is 5.78. The largest absolute Gasteiger partial charge is 0.489 e. The molecule has 0 aliphatic carbocycles. The Hall–Kier alpha value is -3.78. The number of ether oxygens (including phenoxy) is 1. The van der Waals surface area contributed by atoms with Gasteiger partial charge in [0.05, 0.1) is 18.2 Å². The first-order chi connectivity index (χ1) is 15.7. The molecule has 0 aliphatic rings. The molecule has 0 unspecified atom stereocenters. The first-order valence-corrected chi connectivity index (χ1v) is 10.1. The Labute approximate surface area is 187 Å². The third-order valence-electron chi connectivity index (χ3n) is 5.22. The summed E-state index contributed by atoms with van der Waals surface area (Å²) in [4.78, 5) is 11.2. The molecule has 3 aromatic carbocycles. The molecule has 0 bridgehead atoms. The zero-order valence-corrected chi connectivity index (χ0v) is 17.4. The molecule has 0 amide bonds. The minimum Gasteiger partial charge on any atom is -0.489 e. The minimum atomic E-state index is -4.57. The van der Waals surface area contributed by atoms with Crippen LogP contribution in [-0.4, -0.2) is 11.1 Å². The average molecular weight is 455 g/mol. The van der Waals surface area contributed by atoms with Crippen molar-refractivity contribution in [3.05, 3.63) is 89.2 Å². The van der Waals surface area contributed by atoms with Crippen LogP contribution >= 0.6 is 0 Å². The van der Waals surface area contributed by atoms with Gasteiger partial charge in [-0.3, -0.25) is 4.79 Å². The van der Waals surface area contributed by atoms with Crippen LogP contribution in [0.1, 0.15) is 22.3 Å². The Kier molecular flexibility index (Phi) is 6.11. The maximum atomic E-state index is 13.2. The SMILES string of the molecule is NCc1cccc(-c2cc(COc3cc(C(F)(F)F)ccc3CC(=O)O)cc3ccoc23)c1. The summed E-state index contributed by atoms with van der Waals surface area (Å²) in [6.07, 6.45) is -3.47. The number of aliphatic carboxylic acids is 1. The van der Waals surface area contributed by atoms with E-state index in [0.29, 0.717) is 17.7 Å². The normalized spacial score (nSPS) is 11.6. The fourth-order valence-electron chi connectivity index (χ4n) is 3.64. The van der Waals surface area contributed by atoms with Gasteiger partial charge in [-0.25, -0.2) is 0 Å². The van der Waals surface area contributed by atoms with Gasteiger partial charge in [0.2, 0.25) is 0 Å². The third-order valence-corrected chi connectivity index (χ3v) is 5.22. The van der Waals surface area contributed by atoms with E-state index in [1.165, 1.54) is 0 Å². The molecule has 0 spiro atoms. The Bertz CT molecular complexity index is 1310. The zero-order valence-electron chi connectivity index (χ0n) is 17.4. The topological polar surface area (TPSA) is 85.7 Å². The van der Waals surface area contributed by atoms with E-state index in [1.54, 1.807) is 12.3 Å². The van der Waals surface area contributed by atoms with E-state index in [4.69, 9.17) is 20.0 Å². The summed E-state index contributed by atoms with van der Waals surface area (Å²) in [6, 6.07) is 15.9. The lowest BCUT2D eigenvalue weighted by molar-refractivity contribution is -0.137. The number of furan rings is 1. The second-order valence-corrected chi connectivity index (χ2v) is 7.57. The first-order valence-electron chi connectivity index (χ1n) is 10.1. The highest BCUT2D eigenvalue weighted by atomic mass is 19.4. The number of carboxylic acid groups (broad SMARTS) is 1. The molecule has 1 aromatic heterocycles. The quantitative estimate of drug-likeness (QED) is 0.369. The molecule has 5 nitrogen and oxygen atoms in total. The maximum absolute atomic E-state index is 13.2. The number of halogens is 3. The molecule has 0 saturated heterocycles. The lowest BCUT2D eigenvalue weighted by Crippen LogP contribution is -2.09. The van der Waals surface area contributed by atoms with Gasteiger partial charge >= 0.3 is 12.1 Å². The minimum absolute atomic E-state index is 0.0569. The highest BCUT2D eigenvalue weighted by Crippen LogP contribution is 2.35. The number of fused-ring (bicyclic) bond motifs is 1. The zero-order chi connectivity index (χ0) is 23.6. The smallest absolute Gasteiger partial charge is 0.416 e. The summed E-state index contributed by atoms with van der Waals surface area (Å²) >= 11 is 0. The molecule has 1 heterocycles. The second-order valence-electron chi connectivity index (χ2n) is 7.57. The fourth-order valence-corrected chi connectivity index (χ4v) is 3.64. The summed E-state index contributed by atoms with van der Waals surface area (Å²) in [5.74, 6) is -1.28. The second kappa shape index (κ2) is 8.99. The summed E-state index contributed by atoms with van der Waals surface area (Å²) in [5, 5.41) is 9.91. The summed E-state index contributed by atoms with van der Waals surface area (Å²) in [7, 11) is 0. The average Bonchev–Trinajstić information content (AvgIpc) is 3.25. The number of hydrogen-bond acceptors (Lipinski definition) is 4. The molecular formula is C25H20F3NO4. The highest BCUT2D eigenvalue weighted by molar-refractivity contribution is 5.93. The van der Waals surface area contributed by atoms with Gasteiger partial charge in [0.25, 0.3) is 0 Å². The molecule has 4 rings (SSSR count). The van der Waals surface area contributed by atoms with E-state index in [2.05, 4.69) is 0 Å². The van der Waals surface area contributed by atoms with Crippen LogP contribution in [0.2, 0.25) is 0 Å². The molecule has 0 atom stereocenters. The molecule has 8 heteroatoms. The van der Waals surface area contributed by atoms with Crippen molar-refractivity contribution in [1.29, 1.82) is 0 Å². The van der Waals surface area contributed by atoms with Crippen LogP contribution in [0.25, 0.3) is 22.1 Å². The van der Waals surface area contributed by atoms with Gasteiger partial charge in [-0.1, -0.05) is 24.3 Å². The van der Waals surface area contributed by atoms with Crippen LogP contribution in [0.4, 0.5) is 13.2 Å². The van der Waals surface area contributed by atoms with Crippen LogP contribution in [0, 0.1) is 0 Å². The van der Waals surface area contributed by atoms with Gasteiger partial charge in [-0.15, -0.1) is 0 Å². The number of alkyl halides is 3. The van der Waals surface area contributed by atoms with E-state index >= 15 is 0 Å². The number of carbonyl (C=O) groups is 1. The van der Waals surface area contributed by atoms with Crippen molar-refractivity contribution < 1.29 is 32.2 Å². The molecule has 0 radical (unpaired) electrons. The Morgan fingerprint density at radius 3 is 2.58 bits per heavy atom. The van der Waals surface area contributed by atoms with Crippen molar-refractivity contribution in [2.45, 2.75) is 25.7 Å². The molecular weight excluding hydrogens is 435 g/mol. The van der Waals surface area contributed by atoms with Crippen molar-refractivity contribution in [2.75, 3.05) is 0 Å². The van der Waals surface area contributed by atoms with E-state index < -0.39 is 24.1 Å². The fraction of sp³-hybridized carbons (Fsp3) is 0.160. The van der Waals surface area contributed by atoms with E-state index in [1.807, 2.05) is 36.4 Å². The molecule has 3 N–H and O–H groups in total. The van der Waals surface area contributed by atoms with Crippen LogP contribution in [-0.2, 0) is 30.5 Å². The summed E-state index contributed by atoms with van der Waals surface area (Å²) in [5.41, 5.74) is 8.98. The van der Waals surface area contributed by atoms with Gasteiger partial charge in [-0.2, -0.15) is 13.2 Å². The van der Waals surface area contributed by atoms with E-state index in [-0.39, 0.29) is 17.9 Å². The number of benzene rings is 3. The Morgan fingerprint density at radius 1 is 1.03 bits per heavy atom. The van der Waals surface area contributed by atoms with Crippen molar-refractivity contribution in [3.8, 4) is 16.9 Å². The van der Waals surface area contributed by atoms with Crippen LogP contribution in [0.3, 0.4) is 0 Å². The van der Waals surface area contributed by atoms with Crippen LogP contribution in [0.5, 0.6) is 5.75 Å². The summed E-state index contributed by atoms with van der Waals surface area (Å²) in [6.45, 7) is 0.318. The van der Waals surface area contributed by atoms with Crippen molar-refractivity contribution >= 4 is 16.9 Å². The lowest BCUT2D eigenvalue weighted by Gasteiger charge is -2.15. The highest BCUT2D eigenvalue weighted by Gasteiger charge is 2.31. The molecule has 170 valence electrons. The number of nitrogens with two attached hydrogens (primary N) is 1. The molecule has 4 aromatic rings. The Balaban J connectivity index is 1.70. The number of rotatable bonds is 7. The van der Waals surface area contributed by atoms with E-state index in [9.17, 15) is 18.0 Å². The van der Waals surface area contributed by atoms with Gasteiger partial charge in [0, 0.05) is 23.1 Å². The monoisotopic (exact) mass is 455 g/mol. The molecule has 33 heavy (non-hydrogen) atoms. The van der Waals surface area contributed by atoms with Crippen molar-refractivity contribution in [2.24, 2.45) is 5.73 Å². The van der Waals surface area contributed by atoms with Crippen molar-refractivity contribution in [3.63, 3.8) is 0 Å². The van der Waals surface area contributed by atoms with Crippen molar-refractivity contribution in [1.82, 2.24) is 0 Å². The van der Waals surface area contributed by atoms with Crippen LogP contribution in [0.15, 0.2) is 71.3 Å². The maximum Gasteiger partial charge on any atom is 0.416 e. The van der Waals surface area contributed by atoms with Gasteiger partial charge in [0.15, 0.2) is 0 Å². The first kappa shape index (κ1) is 22.4. The summed E-state index contributed by atoms with van der Waals surface area (Å²) < 4.78 is 50.9. The lowest BCUT2D eigenvalue weighted by atomic mass is 9.99. The Morgan fingerprint density at radius 2 is 1.85 bits per heavy atom. The number of hydrogen-bond donors (Lipinski definition) is 2. The molecule has 0 fully saturated rings. The third kappa shape index (κ3) is 5.01. The molecule has 0 saturated carbocycles. The van der Waals surface area contributed by atoms with Gasteiger partial charge in [0.1, 0.15) is 17.9 Å². The standard InChI is InChI=1S/C25H20F3NO4/c26-25(27,28)20-5-4-18(11-23(30)31)22(12-20)33-14-16-9-19-6-7-32-24(19)21(10-16)17-3-1-2-15(8-17)13-29/h1-10,12H,11,13-14,29H2,(H,30,31). The predicted molar refractivity (Wildman–Crippen MR) is 117 cm³/mol. The van der Waals surface area contributed by atoms with Gasteiger partial charge in [-0.05, 0) is 53.1 Å². The van der Waals surface area contributed by atoms with Gasteiger partial charge < -0.3 is 20.0 Å². The van der Waals surface area contributed by atoms with Crippen LogP contribution < -0.4 is 10.5 Å². The number of carboxylic acids is 1. The van der Waals surface area contributed by atoms with E-state index in [0.717, 1.165) is 40.3 Å².